The summed E-state index contributed by atoms with van der Waals surface area (Å²) in [5.74, 6) is 1.61. The molecule has 0 aromatic rings. The van der Waals surface area contributed by atoms with Crippen molar-refractivity contribution in [2.75, 3.05) is 0 Å². The molecule has 0 amide bonds. The lowest BCUT2D eigenvalue weighted by Crippen LogP contribution is -2.04. The second-order valence-electron chi connectivity index (χ2n) is 3.52. The SMILES string of the molecule is BrC1(Br)[C@H]2[C@H]3O[C@H]3CC[C@H]21. The second kappa shape index (κ2) is 1.64. The van der Waals surface area contributed by atoms with Crippen LogP contribution in [0.25, 0.3) is 0 Å². The molecule has 1 aliphatic heterocycles. The zero-order valence-corrected chi connectivity index (χ0v) is 8.56. The Morgan fingerprint density at radius 3 is 2.80 bits per heavy atom. The van der Waals surface area contributed by atoms with Crippen LogP contribution in [-0.4, -0.2) is 15.4 Å². The molecule has 2 saturated carbocycles. The van der Waals surface area contributed by atoms with Gasteiger partial charge in [0, 0.05) is 5.92 Å². The highest BCUT2D eigenvalue weighted by Crippen LogP contribution is 2.71. The summed E-state index contributed by atoms with van der Waals surface area (Å²) in [5.41, 5.74) is 0. The van der Waals surface area contributed by atoms with Crippen LogP contribution in [0.2, 0.25) is 0 Å². The Morgan fingerprint density at radius 1 is 1.30 bits per heavy atom. The number of hydrogen-bond donors (Lipinski definition) is 0. The Morgan fingerprint density at radius 2 is 2.10 bits per heavy atom. The molecule has 0 spiro atoms. The molecule has 3 rings (SSSR count). The Balaban J connectivity index is 1.89. The van der Waals surface area contributed by atoms with Crippen molar-refractivity contribution < 1.29 is 4.74 Å². The molecule has 2 aliphatic carbocycles. The van der Waals surface area contributed by atoms with Gasteiger partial charge in [0.15, 0.2) is 0 Å². The van der Waals surface area contributed by atoms with Gasteiger partial charge in [-0.25, -0.2) is 0 Å². The number of halogens is 2. The smallest absolute Gasteiger partial charge is 0.0895 e. The average molecular weight is 268 g/mol. The number of epoxide rings is 1. The molecule has 0 unspecified atom stereocenters. The van der Waals surface area contributed by atoms with Crippen molar-refractivity contribution in [3.8, 4) is 0 Å². The van der Waals surface area contributed by atoms with Crippen LogP contribution < -0.4 is 0 Å². The number of fused-ring (bicyclic) bond motifs is 3. The zero-order chi connectivity index (χ0) is 6.93. The van der Waals surface area contributed by atoms with Crippen molar-refractivity contribution in [2.24, 2.45) is 11.8 Å². The maximum Gasteiger partial charge on any atom is 0.0895 e. The van der Waals surface area contributed by atoms with E-state index in [4.69, 9.17) is 4.74 Å². The van der Waals surface area contributed by atoms with Gasteiger partial charge in [-0.3, -0.25) is 0 Å². The molecule has 1 nitrogen and oxygen atoms in total. The predicted octanol–water partition coefficient (Wildman–Crippen LogP) is 2.28. The summed E-state index contributed by atoms with van der Waals surface area (Å²) in [6, 6.07) is 0. The summed E-state index contributed by atoms with van der Waals surface area (Å²) in [4.78, 5) is 0. The summed E-state index contributed by atoms with van der Waals surface area (Å²) in [6.45, 7) is 0. The van der Waals surface area contributed by atoms with E-state index in [2.05, 4.69) is 31.9 Å². The molecule has 0 aromatic heterocycles. The van der Waals surface area contributed by atoms with E-state index in [1.165, 1.54) is 12.8 Å². The molecule has 0 bridgehead atoms. The lowest BCUT2D eigenvalue weighted by atomic mass is 10.0. The Kier molecular flexibility index (Phi) is 1.06. The maximum atomic E-state index is 5.51. The van der Waals surface area contributed by atoms with Gasteiger partial charge in [-0.1, -0.05) is 31.9 Å². The van der Waals surface area contributed by atoms with Crippen LogP contribution in [0.5, 0.6) is 0 Å². The maximum absolute atomic E-state index is 5.51. The van der Waals surface area contributed by atoms with Gasteiger partial charge in [-0.15, -0.1) is 0 Å². The fourth-order valence-corrected chi connectivity index (χ4v) is 4.21. The van der Waals surface area contributed by atoms with Gasteiger partial charge in [0.05, 0.1) is 15.4 Å². The first-order valence-corrected chi connectivity index (χ1v) is 5.33. The van der Waals surface area contributed by atoms with E-state index in [1.54, 1.807) is 0 Å². The molecule has 0 aromatic carbocycles. The van der Waals surface area contributed by atoms with Crippen LogP contribution in [0.3, 0.4) is 0 Å². The van der Waals surface area contributed by atoms with Crippen molar-refractivity contribution in [1.82, 2.24) is 0 Å². The number of alkyl halides is 2. The van der Waals surface area contributed by atoms with Gasteiger partial charge in [0.25, 0.3) is 0 Å². The topological polar surface area (TPSA) is 12.5 Å². The van der Waals surface area contributed by atoms with Crippen LogP contribution in [0, 0.1) is 11.8 Å². The van der Waals surface area contributed by atoms with Gasteiger partial charge in [0.1, 0.15) is 0 Å². The molecular weight excluding hydrogens is 260 g/mol. The Hall–Kier alpha value is 0.920. The Bertz CT molecular complexity index is 192. The molecular formula is C7H8Br2O. The van der Waals surface area contributed by atoms with Gasteiger partial charge in [-0.2, -0.15) is 0 Å². The minimum atomic E-state index is 0.260. The summed E-state index contributed by atoms with van der Waals surface area (Å²) >= 11 is 7.37. The standard InChI is InChI=1S/C7H8Br2O/c8-7(9)3-1-2-4-6(10-4)5(3)7/h3-6H,1-2H2/t3-,4+,5-,6+/m1/s1. The molecule has 10 heavy (non-hydrogen) atoms. The molecule has 56 valence electrons. The Labute approximate surface area is 76.8 Å². The first kappa shape index (κ1) is 6.44. The van der Waals surface area contributed by atoms with Crippen LogP contribution in [0.15, 0.2) is 0 Å². The van der Waals surface area contributed by atoms with Crippen LogP contribution in [0.1, 0.15) is 12.8 Å². The summed E-state index contributed by atoms with van der Waals surface area (Å²) in [5, 5.41) is 0. The normalized spacial score (nSPS) is 60.6. The minimum Gasteiger partial charge on any atom is -0.369 e. The molecule has 1 saturated heterocycles. The fraction of sp³-hybridized carbons (Fsp3) is 1.00. The van der Waals surface area contributed by atoms with E-state index < -0.39 is 0 Å². The number of hydrogen-bond acceptors (Lipinski definition) is 1. The van der Waals surface area contributed by atoms with Crippen molar-refractivity contribution in [1.29, 1.82) is 0 Å². The first-order valence-electron chi connectivity index (χ1n) is 3.74. The molecule has 3 heteroatoms. The molecule has 3 fully saturated rings. The van der Waals surface area contributed by atoms with E-state index in [0.29, 0.717) is 12.2 Å². The molecule has 1 heterocycles. The monoisotopic (exact) mass is 266 g/mol. The van der Waals surface area contributed by atoms with Gasteiger partial charge in [-0.05, 0) is 18.8 Å². The lowest BCUT2D eigenvalue weighted by molar-refractivity contribution is 0.360. The van der Waals surface area contributed by atoms with Gasteiger partial charge < -0.3 is 4.74 Å². The predicted molar refractivity (Wildman–Crippen MR) is 45.5 cm³/mol. The summed E-state index contributed by atoms with van der Waals surface area (Å²) in [6.07, 6.45) is 3.84. The summed E-state index contributed by atoms with van der Waals surface area (Å²) < 4.78 is 5.77. The summed E-state index contributed by atoms with van der Waals surface area (Å²) in [7, 11) is 0. The van der Waals surface area contributed by atoms with Crippen LogP contribution in [0.4, 0.5) is 0 Å². The molecule has 3 aliphatic rings. The van der Waals surface area contributed by atoms with Gasteiger partial charge in [0.2, 0.25) is 0 Å². The van der Waals surface area contributed by atoms with E-state index in [1.807, 2.05) is 0 Å². The third-order valence-corrected chi connectivity index (χ3v) is 5.23. The first-order chi connectivity index (χ1) is 4.71. The van der Waals surface area contributed by atoms with E-state index in [-0.39, 0.29) is 3.23 Å². The van der Waals surface area contributed by atoms with Crippen molar-refractivity contribution >= 4 is 31.9 Å². The average Bonchev–Trinajstić information content (AvgIpc) is 2.68. The minimum absolute atomic E-state index is 0.260. The van der Waals surface area contributed by atoms with Crippen molar-refractivity contribution in [3.63, 3.8) is 0 Å². The third-order valence-electron chi connectivity index (χ3n) is 3.00. The lowest BCUT2D eigenvalue weighted by Gasteiger charge is -1.99. The second-order valence-corrected chi connectivity index (χ2v) is 7.21. The van der Waals surface area contributed by atoms with E-state index >= 15 is 0 Å². The molecule has 0 N–H and O–H groups in total. The van der Waals surface area contributed by atoms with Crippen molar-refractivity contribution in [3.05, 3.63) is 0 Å². The zero-order valence-electron chi connectivity index (χ0n) is 5.39. The highest BCUT2D eigenvalue weighted by atomic mass is 79.9. The van der Waals surface area contributed by atoms with Gasteiger partial charge >= 0.3 is 0 Å². The van der Waals surface area contributed by atoms with Crippen molar-refractivity contribution in [2.45, 2.75) is 28.3 Å². The number of rotatable bonds is 0. The fourth-order valence-electron chi connectivity index (χ4n) is 2.28. The van der Waals surface area contributed by atoms with Crippen LogP contribution >= 0.6 is 31.9 Å². The third kappa shape index (κ3) is 0.625. The largest absolute Gasteiger partial charge is 0.369 e. The van der Waals surface area contributed by atoms with E-state index in [9.17, 15) is 0 Å². The number of ether oxygens (including phenoxy) is 1. The highest BCUT2D eigenvalue weighted by molar-refractivity contribution is 9.25. The molecule has 4 atom stereocenters. The van der Waals surface area contributed by atoms with Crippen LogP contribution in [-0.2, 0) is 4.74 Å². The quantitative estimate of drug-likeness (QED) is 0.485. The molecule has 0 radical (unpaired) electrons. The van der Waals surface area contributed by atoms with E-state index in [0.717, 1.165) is 11.8 Å². The highest BCUT2D eigenvalue weighted by Gasteiger charge is 2.72.